The minimum absolute atomic E-state index is 0.138. The number of H-pyrrole nitrogens is 1. The molecule has 5 rings (SSSR count). The van der Waals surface area contributed by atoms with E-state index >= 15 is 0 Å². The largest absolute Gasteiger partial charge is 0.468 e. The summed E-state index contributed by atoms with van der Waals surface area (Å²) in [6.45, 7) is 3.34. The minimum Gasteiger partial charge on any atom is -0.468 e. The van der Waals surface area contributed by atoms with Gasteiger partial charge >= 0.3 is 5.97 Å². The highest BCUT2D eigenvalue weighted by Crippen LogP contribution is 2.41. The Bertz CT molecular complexity index is 1470. The number of fused-ring (bicyclic) bond motifs is 3. The molecule has 2 aliphatic heterocycles. The molecular formula is C29H35N2O10+. The van der Waals surface area contributed by atoms with Crippen molar-refractivity contribution in [3.63, 3.8) is 0 Å². The van der Waals surface area contributed by atoms with Crippen LogP contribution < -0.4 is 4.57 Å². The van der Waals surface area contributed by atoms with E-state index in [1.54, 1.807) is 6.08 Å². The molecule has 0 bridgehead atoms. The first kappa shape index (κ1) is 29.0. The molecule has 41 heavy (non-hydrogen) atoms. The fourth-order valence-corrected chi connectivity index (χ4v) is 5.70. The molecule has 4 heterocycles. The van der Waals surface area contributed by atoms with Crippen LogP contribution in [-0.4, -0.2) is 89.2 Å². The van der Waals surface area contributed by atoms with Gasteiger partial charge < -0.3 is 49.1 Å². The SMILES string of the molecule is C=C[C@H]1[C@H](O[C@@H]2O[C@H](CO)[C@@H](O)[C@H](O)[C@H]2O)OC(OC)=C(C(=O)OC)[C@H]1Cc1c2[nH]c3ccccc3c2cc[n+]1C. The van der Waals surface area contributed by atoms with Gasteiger partial charge in [-0.1, -0.05) is 24.3 Å². The fraction of sp³-hybridized carbons (Fsp3) is 0.448. The van der Waals surface area contributed by atoms with E-state index < -0.39 is 61.4 Å². The highest BCUT2D eigenvalue weighted by atomic mass is 16.8. The van der Waals surface area contributed by atoms with E-state index in [-0.39, 0.29) is 11.5 Å². The Hall–Kier alpha value is -3.52. The second-order valence-corrected chi connectivity index (χ2v) is 10.2. The van der Waals surface area contributed by atoms with Crippen LogP contribution in [0.15, 0.2) is 60.7 Å². The first-order valence-corrected chi connectivity index (χ1v) is 13.2. The molecule has 0 unspecified atom stereocenters. The lowest BCUT2D eigenvalue weighted by Gasteiger charge is -2.43. The Balaban J connectivity index is 1.57. The van der Waals surface area contributed by atoms with Gasteiger partial charge in [0.1, 0.15) is 42.6 Å². The number of aliphatic hydroxyl groups excluding tert-OH is 4. The Morgan fingerprint density at radius 2 is 1.85 bits per heavy atom. The first-order chi connectivity index (χ1) is 19.7. The number of para-hydroxylation sites is 1. The van der Waals surface area contributed by atoms with Gasteiger partial charge in [0.25, 0.3) is 5.95 Å². The molecule has 8 atom stereocenters. The summed E-state index contributed by atoms with van der Waals surface area (Å²) >= 11 is 0. The third-order valence-corrected chi connectivity index (χ3v) is 7.91. The number of methoxy groups -OCH3 is 2. The predicted octanol–water partition coefficient (Wildman–Crippen LogP) is 0.310. The third kappa shape index (κ3) is 5.07. The van der Waals surface area contributed by atoms with Gasteiger partial charge in [-0.15, -0.1) is 6.58 Å². The van der Waals surface area contributed by atoms with Crippen LogP contribution >= 0.6 is 0 Å². The van der Waals surface area contributed by atoms with Crippen molar-refractivity contribution in [2.75, 3.05) is 20.8 Å². The standard InChI is InChI=1S/C29H34N2O10/c1-5-14-17(12-19-22-16(10-11-31(19)2)15-8-6-7-9-18(15)30-22)21(26(36)37-3)28(38-4)40-27(14)41-29-25(35)24(34)23(33)20(13-32)39-29/h5-11,14,17,20,23-25,27,29,32-35H,1,12-13H2,2-4H3/p+1/t14-,17+,20-,23-,24+,25-,27+,29+/m1/s1. The van der Waals surface area contributed by atoms with Gasteiger partial charge in [-0.2, -0.15) is 0 Å². The van der Waals surface area contributed by atoms with Crippen LogP contribution in [0.4, 0.5) is 0 Å². The lowest BCUT2D eigenvalue weighted by molar-refractivity contribution is -0.678. The first-order valence-electron chi connectivity index (χ1n) is 13.2. The Morgan fingerprint density at radius 3 is 2.54 bits per heavy atom. The number of hydrogen-bond acceptors (Lipinski definition) is 10. The Labute approximate surface area is 236 Å². The van der Waals surface area contributed by atoms with E-state index in [2.05, 4.69) is 11.6 Å². The van der Waals surface area contributed by atoms with Gasteiger partial charge in [-0.3, -0.25) is 0 Å². The fourth-order valence-electron chi connectivity index (χ4n) is 5.70. The lowest BCUT2D eigenvalue weighted by Crippen LogP contribution is -2.60. The monoisotopic (exact) mass is 571 g/mol. The molecule has 3 aromatic rings. The number of rotatable bonds is 8. The second-order valence-electron chi connectivity index (χ2n) is 10.2. The van der Waals surface area contributed by atoms with Gasteiger partial charge in [-0.05, 0) is 6.07 Å². The summed E-state index contributed by atoms with van der Waals surface area (Å²) in [6.07, 6.45) is -4.90. The summed E-state index contributed by atoms with van der Waals surface area (Å²) in [5, 5.41) is 42.7. The topological polar surface area (TPSA) is 164 Å². The van der Waals surface area contributed by atoms with Crippen molar-refractivity contribution in [2.24, 2.45) is 18.9 Å². The maximum atomic E-state index is 13.1. The molecule has 2 aromatic heterocycles. The number of hydrogen-bond donors (Lipinski definition) is 5. The molecule has 0 radical (unpaired) electrons. The molecule has 5 N–H and O–H groups in total. The van der Waals surface area contributed by atoms with Crippen molar-refractivity contribution >= 4 is 27.8 Å². The quantitative estimate of drug-likeness (QED) is 0.144. The van der Waals surface area contributed by atoms with Gasteiger partial charge in [-0.25, -0.2) is 9.36 Å². The van der Waals surface area contributed by atoms with Crippen LogP contribution in [0, 0.1) is 11.8 Å². The molecule has 0 amide bonds. The van der Waals surface area contributed by atoms with Gasteiger partial charge in [0.05, 0.1) is 20.8 Å². The lowest BCUT2D eigenvalue weighted by atomic mass is 9.80. The molecule has 220 valence electrons. The number of aromatic nitrogens is 2. The van der Waals surface area contributed by atoms with Crippen molar-refractivity contribution in [1.82, 2.24) is 4.98 Å². The number of ether oxygens (including phenoxy) is 5. The minimum atomic E-state index is -1.66. The molecule has 1 aromatic carbocycles. The number of aryl methyl sites for hydroxylation is 1. The van der Waals surface area contributed by atoms with Gasteiger partial charge in [0.2, 0.25) is 12.0 Å². The predicted molar refractivity (Wildman–Crippen MR) is 144 cm³/mol. The van der Waals surface area contributed by atoms with Crippen molar-refractivity contribution < 1.29 is 53.5 Å². The van der Waals surface area contributed by atoms with Crippen LogP contribution in [-0.2, 0) is 41.9 Å². The summed E-state index contributed by atoms with van der Waals surface area (Å²) in [7, 11) is 4.51. The Kier molecular flexibility index (Phi) is 8.32. The zero-order chi connectivity index (χ0) is 29.4. The number of nitrogens with one attached hydrogen (secondary N) is 1. The Morgan fingerprint density at radius 1 is 1.10 bits per heavy atom. The number of nitrogens with zero attached hydrogens (tertiary/aromatic N) is 1. The van der Waals surface area contributed by atoms with Crippen LogP contribution in [0.25, 0.3) is 21.8 Å². The maximum Gasteiger partial charge on any atom is 0.341 e. The number of carbonyl (C=O) groups excluding carboxylic acids is 1. The van der Waals surface area contributed by atoms with Crippen molar-refractivity contribution in [3.05, 3.63) is 66.4 Å². The highest BCUT2D eigenvalue weighted by Gasteiger charge is 2.49. The highest BCUT2D eigenvalue weighted by molar-refractivity contribution is 6.07. The zero-order valence-corrected chi connectivity index (χ0v) is 23.0. The van der Waals surface area contributed by atoms with Crippen LogP contribution in [0.2, 0.25) is 0 Å². The number of benzene rings is 1. The summed E-state index contributed by atoms with van der Waals surface area (Å²) < 4.78 is 30.0. The van der Waals surface area contributed by atoms with E-state index in [4.69, 9.17) is 23.7 Å². The normalized spacial score (nSPS) is 30.3. The average molecular weight is 572 g/mol. The molecule has 2 aliphatic rings. The van der Waals surface area contributed by atoms with Crippen molar-refractivity contribution in [3.8, 4) is 0 Å². The molecule has 12 nitrogen and oxygen atoms in total. The van der Waals surface area contributed by atoms with E-state index in [0.717, 1.165) is 27.5 Å². The van der Waals surface area contributed by atoms with Crippen molar-refractivity contribution in [2.45, 2.75) is 43.4 Å². The van der Waals surface area contributed by atoms with Crippen LogP contribution in [0.3, 0.4) is 0 Å². The summed E-state index contributed by atoms with van der Waals surface area (Å²) in [5.74, 6) is -2.13. The number of pyridine rings is 1. The molecule has 12 heteroatoms. The van der Waals surface area contributed by atoms with Crippen molar-refractivity contribution in [1.29, 1.82) is 0 Å². The average Bonchev–Trinajstić information content (AvgIpc) is 3.37. The number of esters is 1. The smallest absolute Gasteiger partial charge is 0.341 e. The van der Waals surface area contributed by atoms with E-state index in [1.807, 2.05) is 48.1 Å². The summed E-state index contributed by atoms with van der Waals surface area (Å²) in [4.78, 5) is 16.6. The molecule has 1 saturated heterocycles. The van der Waals surface area contributed by atoms with Crippen LogP contribution in [0.1, 0.15) is 5.69 Å². The van der Waals surface area contributed by atoms with Gasteiger partial charge in [0, 0.05) is 40.6 Å². The van der Waals surface area contributed by atoms with E-state index in [1.165, 1.54) is 14.2 Å². The van der Waals surface area contributed by atoms with E-state index in [9.17, 15) is 25.2 Å². The molecule has 0 saturated carbocycles. The molecule has 1 fully saturated rings. The van der Waals surface area contributed by atoms with Gasteiger partial charge in [0.15, 0.2) is 12.5 Å². The maximum absolute atomic E-state index is 13.1. The number of carbonyl (C=O) groups is 1. The summed E-state index contributed by atoms with van der Waals surface area (Å²) in [5.41, 5.74) is 2.87. The van der Waals surface area contributed by atoms with E-state index in [0.29, 0.717) is 6.42 Å². The third-order valence-electron chi connectivity index (χ3n) is 7.91. The zero-order valence-electron chi connectivity index (χ0n) is 23.0. The summed E-state index contributed by atoms with van der Waals surface area (Å²) in [6, 6.07) is 9.97. The second kappa shape index (κ2) is 11.8. The molecular weight excluding hydrogens is 536 g/mol. The number of aromatic amines is 1. The van der Waals surface area contributed by atoms with Crippen LogP contribution in [0.5, 0.6) is 0 Å². The number of aliphatic hydroxyl groups is 4. The molecule has 0 spiro atoms. The molecule has 0 aliphatic carbocycles.